The molecule has 40 heavy (non-hydrogen) atoms. The van der Waals surface area contributed by atoms with Gasteiger partial charge in [0.15, 0.2) is 0 Å². The van der Waals surface area contributed by atoms with Crippen LogP contribution in [0.5, 0.6) is 5.75 Å². The third-order valence-corrected chi connectivity index (χ3v) is 7.01. The van der Waals surface area contributed by atoms with Crippen LogP contribution in [0.25, 0.3) is 10.9 Å². The van der Waals surface area contributed by atoms with Crippen LogP contribution >= 0.6 is 11.6 Å². The molecule has 2 unspecified atom stereocenters. The predicted molar refractivity (Wildman–Crippen MR) is 150 cm³/mol. The Kier molecular flexibility index (Phi) is 9.40. The minimum absolute atomic E-state index is 0.0144. The number of methoxy groups -OCH3 is 1. The van der Waals surface area contributed by atoms with Gasteiger partial charge in [-0.1, -0.05) is 17.7 Å². The summed E-state index contributed by atoms with van der Waals surface area (Å²) in [6.45, 7) is 4.03. The Morgan fingerprint density at radius 2 is 2.15 bits per heavy atom. The zero-order valence-corrected chi connectivity index (χ0v) is 22.8. The maximum Gasteiger partial charge on any atom is 0.248 e. The van der Waals surface area contributed by atoms with E-state index in [-0.39, 0.29) is 23.6 Å². The van der Waals surface area contributed by atoms with E-state index in [1.807, 2.05) is 6.08 Å². The van der Waals surface area contributed by atoms with E-state index in [9.17, 15) is 9.18 Å². The van der Waals surface area contributed by atoms with Crippen molar-refractivity contribution in [1.29, 1.82) is 0 Å². The maximum absolute atomic E-state index is 13.7. The van der Waals surface area contributed by atoms with Crippen LogP contribution in [0.3, 0.4) is 0 Å². The fraction of sp³-hybridized carbons (Fsp3) is 0.393. The van der Waals surface area contributed by atoms with Crippen LogP contribution in [0.15, 0.2) is 48.8 Å². The van der Waals surface area contributed by atoms with Crippen LogP contribution in [0, 0.1) is 5.82 Å². The van der Waals surface area contributed by atoms with E-state index in [1.54, 1.807) is 25.3 Å². The molecule has 2 atom stereocenters. The Labute approximate surface area is 236 Å². The van der Waals surface area contributed by atoms with E-state index in [2.05, 4.69) is 25.5 Å². The standard InChI is InChI=1S/C28H31ClFN5O5/c1-37-14-19-6-8-35(19)7-2-3-27(36)34-25-12-21-24(13-26(25)40-16-20-15-38-9-10-39-20)31-17-32-28(21)33-18-4-5-23(30)22(29)11-18/h2-5,11-13,17,19-20H,6-10,14-16H2,1H3,(H,34,36)(H,31,32,33)/b3-2+. The number of nitrogens with zero attached hydrogens (tertiary/aromatic N) is 3. The number of ether oxygens (including phenoxy) is 4. The molecule has 5 rings (SSSR count). The summed E-state index contributed by atoms with van der Waals surface area (Å²) in [6, 6.07) is 8.15. The van der Waals surface area contributed by atoms with Gasteiger partial charge in [-0.25, -0.2) is 14.4 Å². The second-order valence-corrected chi connectivity index (χ2v) is 9.91. The normalized spacial score (nSPS) is 19.5. The quantitative estimate of drug-likeness (QED) is 0.328. The number of aromatic nitrogens is 2. The van der Waals surface area contributed by atoms with Crippen molar-refractivity contribution < 1.29 is 28.1 Å². The van der Waals surface area contributed by atoms with Gasteiger partial charge in [-0.2, -0.15) is 0 Å². The van der Waals surface area contributed by atoms with E-state index >= 15 is 0 Å². The van der Waals surface area contributed by atoms with Gasteiger partial charge >= 0.3 is 0 Å². The van der Waals surface area contributed by atoms with E-state index in [0.29, 0.717) is 72.9 Å². The molecule has 2 saturated heterocycles. The fourth-order valence-electron chi connectivity index (χ4n) is 4.51. The number of benzene rings is 2. The minimum Gasteiger partial charge on any atom is -0.489 e. The molecule has 0 spiro atoms. The van der Waals surface area contributed by atoms with E-state index in [0.717, 1.165) is 13.0 Å². The molecule has 0 saturated carbocycles. The largest absolute Gasteiger partial charge is 0.489 e. The van der Waals surface area contributed by atoms with Crippen molar-refractivity contribution in [1.82, 2.24) is 14.9 Å². The number of carbonyl (C=O) groups is 1. The number of hydrogen-bond acceptors (Lipinski definition) is 9. The van der Waals surface area contributed by atoms with E-state index < -0.39 is 5.82 Å². The lowest BCUT2D eigenvalue weighted by Crippen LogP contribution is -2.50. The van der Waals surface area contributed by atoms with Gasteiger partial charge in [-0.05, 0) is 30.7 Å². The lowest BCUT2D eigenvalue weighted by atomic mass is 10.0. The molecule has 12 heteroatoms. The Morgan fingerprint density at radius 1 is 1.25 bits per heavy atom. The van der Waals surface area contributed by atoms with Gasteiger partial charge in [0.1, 0.15) is 36.4 Å². The number of rotatable bonds is 11. The first kappa shape index (κ1) is 28.2. The number of halogens is 2. The first-order valence-corrected chi connectivity index (χ1v) is 13.4. The summed E-state index contributed by atoms with van der Waals surface area (Å²) >= 11 is 5.95. The molecule has 10 nitrogen and oxygen atoms in total. The second kappa shape index (κ2) is 13.3. The summed E-state index contributed by atoms with van der Waals surface area (Å²) < 4.78 is 36.1. The molecule has 2 aliphatic rings. The van der Waals surface area contributed by atoms with Crippen molar-refractivity contribution in [3.8, 4) is 5.75 Å². The Morgan fingerprint density at radius 3 is 2.90 bits per heavy atom. The number of fused-ring (bicyclic) bond motifs is 1. The molecule has 0 bridgehead atoms. The monoisotopic (exact) mass is 571 g/mol. The molecule has 3 heterocycles. The Bertz CT molecular complexity index is 1370. The van der Waals surface area contributed by atoms with Gasteiger partial charge in [-0.15, -0.1) is 0 Å². The Hall–Kier alpha value is -3.35. The van der Waals surface area contributed by atoms with Gasteiger partial charge in [0.2, 0.25) is 5.91 Å². The molecule has 3 aromatic rings. The molecule has 0 aliphatic carbocycles. The Balaban J connectivity index is 1.37. The van der Waals surface area contributed by atoms with Gasteiger partial charge in [0.25, 0.3) is 0 Å². The van der Waals surface area contributed by atoms with Crippen LogP contribution in [-0.2, 0) is 19.0 Å². The topological polar surface area (TPSA) is 107 Å². The molecule has 2 aliphatic heterocycles. The maximum atomic E-state index is 13.7. The van der Waals surface area contributed by atoms with Crippen molar-refractivity contribution >= 4 is 45.6 Å². The average molecular weight is 572 g/mol. The summed E-state index contributed by atoms with van der Waals surface area (Å²) in [7, 11) is 1.69. The van der Waals surface area contributed by atoms with Crippen molar-refractivity contribution in [2.24, 2.45) is 0 Å². The average Bonchev–Trinajstić information content (AvgIpc) is 2.95. The van der Waals surface area contributed by atoms with Crippen molar-refractivity contribution in [2.45, 2.75) is 18.6 Å². The summed E-state index contributed by atoms with van der Waals surface area (Å²) in [5, 5.41) is 6.68. The molecule has 1 amide bonds. The van der Waals surface area contributed by atoms with Crippen LogP contribution in [0.4, 0.5) is 21.6 Å². The SMILES string of the molecule is COCC1CCN1C/C=C/C(=O)Nc1cc2c(Nc3ccc(F)c(Cl)c3)ncnc2cc1OCC1COCCO1. The molecule has 2 aromatic carbocycles. The summed E-state index contributed by atoms with van der Waals surface area (Å²) in [4.78, 5) is 23.9. The minimum atomic E-state index is -0.518. The van der Waals surface area contributed by atoms with Gasteiger partial charge in [0, 0.05) is 49.5 Å². The van der Waals surface area contributed by atoms with Crippen LogP contribution in [0.1, 0.15) is 6.42 Å². The molecular weight excluding hydrogens is 541 g/mol. The first-order chi connectivity index (χ1) is 19.5. The third-order valence-electron chi connectivity index (χ3n) is 6.72. The first-order valence-electron chi connectivity index (χ1n) is 13.0. The lowest BCUT2D eigenvalue weighted by Gasteiger charge is -2.39. The predicted octanol–water partition coefficient (Wildman–Crippen LogP) is 4.18. The summed E-state index contributed by atoms with van der Waals surface area (Å²) in [5.74, 6) is 0.0641. The highest BCUT2D eigenvalue weighted by Crippen LogP contribution is 2.34. The van der Waals surface area contributed by atoms with E-state index in [1.165, 1.54) is 24.5 Å². The summed E-state index contributed by atoms with van der Waals surface area (Å²) in [5.41, 5.74) is 1.57. The van der Waals surface area contributed by atoms with Crippen LogP contribution < -0.4 is 15.4 Å². The molecular formula is C28H31ClFN5O5. The highest BCUT2D eigenvalue weighted by atomic mass is 35.5. The van der Waals surface area contributed by atoms with Gasteiger partial charge < -0.3 is 29.6 Å². The molecule has 2 fully saturated rings. The van der Waals surface area contributed by atoms with Crippen LogP contribution in [0.2, 0.25) is 5.02 Å². The van der Waals surface area contributed by atoms with E-state index in [4.69, 9.17) is 30.5 Å². The van der Waals surface area contributed by atoms with Crippen LogP contribution in [-0.4, -0.2) is 86.2 Å². The number of nitrogens with one attached hydrogen (secondary N) is 2. The lowest BCUT2D eigenvalue weighted by molar-refractivity contribution is -0.112. The number of anilines is 3. The smallest absolute Gasteiger partial charge is 0.248 e. The zero-order valence-electron chi connectivity index (χ0n) is 22.1. The molecule has 212 valence electrons. The highest BCUT2D eigenvalue weighted by molar-refractivity contribution is 6.31. The number of hydrogen-bond donors (Lipinski definition) is 2. The van der Waals surface area contributed by atoms with Crippen molar-refractivity contribution in [3.05, 3.63) is 59.7 Å². The zero-order chi connectivity index (χ0) is 27.9. The molecule has 0 radical (unpaired) electrons. The fourth-order valence-corrected chi connectivity index (χ4v) is 4.69. The molecule has 2 N–H and O–H groups in total. The molecule has 1 aromatic heterocycles. The van der Waals surface area contributed by atoms with Gasteiger partial charge in [0.05, 0.1) is 42.7 Å². The van der Waals surface area contributed by atoms with Crippen molar-refractivity contribution in [2.75, 3.05) is 63.9 Å². The number of amides is 1. The van der Waals surface area contributed by atoms with Gasteiger partial charge in [-0.3, -0.25) is 9.69 Å². The summed E-state index contributed by atoms with van der Waals surface area (Å²) in [6.07, 6.45) is 5.61. The van der Waals surface area contributed by atoms with Crippen molar-refractivity contribution in [3.63, 3.8) is 0 Å². The highest BCUT2D eigenvalue weighted by Gasteiger charge is 2.26. The second-order valence-electron chi connectivity index (χ2n) is 9.50. The number of carbonyl (C=O) groups excluding carboxylic acids is 1. The third kappa shape index (κ3) is 7.04. The number of likely N-dealkylation sites (tertiary alicyclic amines) is 1.